The molecular weight excluding hydrogens is 152 g/mol. The highest BCUT2D eigenvalue weighted by molar-refractivity contribution is 5.31. The number of nitrogens with zero attached hydrogens (tertiary/aromatic N) is 2. The van der Waals surface area contributed by atoms with Gasteiger partial charge in [-0.3, -0.25) is 0 Å². The highest BCUT2D eigenvalue weighted by Crippen LogP contribution is 2.09. The Bertz CT molecular complexity index is 302. The average molecular weight is 162 g/mol. The first-order chi connectivity index (χ1) is 5.72. The zero-order valence-electron chi connectivity index (χ0n) is 7.11. The van der Waals surface area contributed by atoms with Crippen LogP contribution in [-0.4, -0.2) is 11.1 Å². The molecule has 0 aromatic carbocycles. The van der Waals surface area contributed by atoms with E-state index < -0.39 is 0 Å². The lowest BCUT2D eigenvalue weighted by atomic mass is 10.3. The van der Waals surface area contributed by atoms with Crippen molar-refractivity contribution in [2.75, 3.05) is 0 Å². The Labute approximate surface area is 71.6 Å². The Morgan fingerprint density at radius 1 is 1.58 bits per heavy atom. The molecule has 0 amide bonds. The van der Waals surface area contributed by atoms with Crippen molar-refractivity contribution in [1.82, 2.24) is 4.98 Å². The molecule has 0 saturated carbocycles. The molecule has 0 spiro atoms. The SMILES string of the molecule is CC(C)Oc1cc(C#N)ccn1. The summed E-state index contributed by atoms with van der Waals surface area (Å²) in [6, 6.07) is 5.29. The van der Waals surface area contributed by atoms with E-state index in [4.69, 9.17) is 10.00 Å². The van der Waals surface area contributed by atoms with Gasteiger partial charge in [-0.2, -0.15) is 5.26 Å². The zero-order valence-corrected chi connectivity index (χ0v) is 7.11. The monoisotopic (exact) mass is 162 g/mol. The van der Waals surface area contributed by atoms with Crippen LogP contribution in [0.25, 0.3) is 0 Å². The smallest absolute Gasteiger partial charge is 0.214 e. The maximum Gasteiger partial charge on any atom is 0.214 e. The lowest BCUT2D eigenvalue weighted by Gasteiger charge is -2.07. The Hall–Kier alpha value is -1.56. The van der Waals surface area contributed by atoms with Crippen LogP contribution in [0.15, 0.2) is 18.3 Å². The van der Waals surface area contributed by atoms with Crippen LogP contribution in [0.2, 0.25) is 0 Å². The van der Waals surface area contributed by atoms with Gasteiger partial charge in [0, 0.05) is 12.3 Å². The van der Waals surface area contributed by atoms with Gasteiger partial charge in [-0.15, -0.1) is 0 Å². The van der Waals surface area contributed by atoms with Crippen LogP contribution >= 0.6 is 0 Å². The summed E-state index contributed by atoms with van der Waals surface area (Å²) < 4.78 is 5.29. The number of hydrogen-bond acceptors (Lipinski definition) is 3. The highest BCUT2D eigenvalue weighted by atomic mass is 16.5. The van der Waals surface area contributed by atoms with Gasteiger partial charge in [0.25, 0.3) is 0 Å². The third-order valence-electron chi connectivity index (χ3n) is 1.22. The van der Waals surface area contributed by atoms with E-state index in [1.807, 2.05) is 19.9 Å². The van der Waals surface area contributed by atoms with Crippen molar-refractivity contribution in [1.29, 1.82) is 5.26 Å². The van der Waals surface area contributed by atoms with Crippen molar-refractivity contribution in [2.24, 2.45) is 0 Å². The van der Waals surface area contributed by atoms with Crippen molar-refractivity contribution in [3.8, 4) is 11.9 Å². The Morgan fingerprint density at radius 3 is 2.92 bits per heavy atom. The van der Waals surface area contributed by atoms with Crippen molar-refractivity contribution in [3.05, 3.63) is 23.9 Å². The second-order valence-electron chi connectivity index (χ2n) is 2.66. The van der Waals surface area contributed by atoms with E-state index in [1.54, 1.807) is 18.3 Å². The van der Waals surface area contributed by atoms with E-state index in [0.29, 0.717) is 11.4 Å². The van der Waals surface area contributed by atoms with Gasteiger partial charge in [0.05, 0.1) is 17.7 Å². The van der Waals surface area contributed by atoms with E-state index in [1.165, 1.54) is 0 Å². The highest BCUT2D eigenvalue weighted by Gasteiger charge is 1.99. The fourth-order valence-corrected chi connectivity index (χ4v) is 0.785. The summed E-state index contributed by atoms with van der Waals surface area (Å²) in [5.74, 6) is 0.504. The van der Waals surface area contributed by atoms with Crippen LogP contribution in [-0.2, 0) is 0 Å². The summed E-state index contributed by atoms with van der Waals surface area (Å²) in [5, 5.41) is 8.56. The number of hydrogen-bond donors (Lipinski definition) is 0. The molecule has 0 aliphatic heterocycles. The number of ether oxygens (including phenoxy) is 1. The molecule has 0 saturated heterocycles. The summed E-state index contributed by atoms with van der Waals surface area (Å²) >= 11 is 0. The van der Waals surface area contributed by atoms with Crippen LogP contribution in [0.5, 0.6) is 5.88 Å². The van der Waals surface area contributed by atoms with Gasteiger partial charge in [0.1, 0.15) is 0 Å². The van der Waals surface area contributed by atoms with Gasteiger partial charge in [0.15, 0.2) is 0 Å². The minimum Gasteiger partial charge on any atom is -0.475 e. The summed E-state index contributed by atoms with van der Waals surface area (Å²) in [6.07, 6.45) is 1.66. The molecule has 1 heterocycles. The molecule has 0 N–H and O–H groups in total. The zero-order chi connectivity index (χ0) is 8.97. The number of pyridine rings is 1. The second-order valence-corrected chi connectivity index (χ2v) is 2.66. The van der Waals surface area contributed by atoms with Crippen molar-refractivity contribution in [2.45, 2.75) is 20.0 Å². The predicted molar refractivity (Wildman–Crippen MR) is 44.7 cm³/mol. The van der Waals surface area contributed by atoms with Crippen LogP contribution < -0.4 is 4.74 Å². The maximum atomic E-state index is 8.56. The Balaban J connectivity index is 2.81. The first-order valence-corrected chi connectivity index (χ1v) is 3.75. The van der Waals surface area contributed by atoms with Crippen LogP contribution in [0.4, 0.5) is 0 Å². The van der Waals surface area contributed by atoms with Crippen molar-refractivity contribution in [3.63, 3.8) is 0 Å². The van der Waals surface area contributed by atoms with Crippen molar-refractivity contribution >= 4 is 0 Å². The fraction of sp³-hybridized carbons (Fsp3) is 0.333. The molecule has 1 rings (SSSR count). The summed E-state index contributed by atoms with van der Waals surface area (Å²) in [7, 11) is 0. The Kier molecular flexibility index (Phi) is 2.65. The molecule has 1 aromatic rings. The molecule has 3 heteroatoms. The summed E-state index contributed by atoms with van der Waals surface area (Å²) in [4.78, 5) is 3.95. The quantitative estimate of drug-likeness (QED) is 0.665. The lowest BCUT2D eigenvalue weighted by molar-refractivity contribution is 0.232. The van der Waals surface area contributed by atoms with E-state index in [0.717, 1.165) is 0 Å². The predicted octanol–water partition coefficient (Wildman–Crippen LogP) is 1.74. The molecule has 0 unspecified atom stereocenters. The number of rotatable bonds is 2. The average Bonchev–Trinajstić information content (AvgIpc) is 2.03. The normalized spacial score (nSPS) is 9.50. The van der Waals surface area contributed by atoms with E-state index in [2.05, 4.69) is 4.98 Å². The van der Waals surface area contributed by atoms with Crippen LogP contribution in [0.3, 0.4) is 0 Å². The molecule has 0 fully saturated rings. The third-order valence-corrected chi connectivity index (χ3v) is 1.22. The second kappa shape index (κ2) is 3.72. The molecule has 12 heavy (non-hydrogen) atoms. The van der Waals surface area contributed by atoms with E-state index >= 15 is 0 Å². The largest absolute Gasteiger partial charge is 0.475 e. The van der Waals surface area contributed by atoms with Crippen LogP contribution in [0, 0.1) is 11.3 Å². The van der Waals surface area contributed by atoms with Gasteiger partial charge in [0.2, 0.25) is 5.88 Å². The molecule has 0 radical (unpaired) electrons. The van der Waals surface area contributed by atoms with E-state index in [-0.39, 0.29) is 6.10 Å². The third kappa shape index (κ3) is 2.24. The maximum absolute atomic E-state index is 8.56. The number of aromatic nitrogens is 1. The van der Waals surface area contributed by atoms with Crippen molar-refractivity contribution < 1.29 is 4.74 Å². The topological polar surface area (TPSA) is 45.9 Å². The minimum atomic E-state index is 0.0893. The molecule has 0 atom stereocenters. The standard InChI is InChI=1S/C9H10N2O/c1-7(2)12-9-5-8(6-10)3-4-11-9/h3-5,7H,1-2H3. The van der Waals surface area contributed by atoms with Gasteiger partial charge < -0.3 is 4.74 Å². The molecule has 1 aromatic heterocycles. The first-order valence-electron chi connectivity index (χ1n) is 3.75. The summed E-state index contributed by atoms with van der Waals surface area (Å²) in [6.45, 7) is 3.83. The fourth-order valence-electron chi connectivity index (χ4n) is 0.785. The van der Waals surface area contributed by atoms with E-state index in [9.17, 15) is 0 Å². The first kappa shape index (κ1) is 8.54. The van der Waals surface area contributed by atoms with Gasteiger partial charge in [-0.25, -0.2) is 4.98 Å². The summed E-state index contributed by atoms with van der Waals surface area (Å²) in [5.41, 5.74) is 0.570. The van der Waals surface area contributed by atoms with Crippen LogP contribution in [0.1, 0.15) is 19.4 Å². The molecule has 0 bridgehead atoms. The van der Waals surface area contributed by atoms with Gasteiger partial charge in [-0.05, 0) is 19.9 Å². The number of nitriles is 1. The molecule has 0 aliphatic carbocycles. The van der Waals surface area contributed by atoms with Gasteiger partial charge in [-0.1, -0.05) is 0 Å². The Morgan fingerprint density at radius 2 is 2.33 bits per heavy atom. The lowest BCUT2D eigenvalue weighted by Crippen LogP contribution is -2.06. The molecule has 62 valence electrons. The van der Waals surface area contributed by atoms with Gasteiger partial charge >= 0.3 is 0 Å². The minimum absolute atomic E-state index is 0.0893. The molecular formula is C9H10N2O. The molecule has 0 aliphatic rings. The molecule has 3 nitrogen and oxygen atoms in total.